The van der Waals surface area contributed by atoms with Gasteiger partial charge in [-0.25, -0.2) is 27.2 Å². The predicted octanol–water partition coefficient (Wildman–Crippen LogP) is 5.43. The van der Waals surface area contributed by atoms with Gasteiger partial charge in [-0.2, -0.15) is 0 Å². The molecule has 0 bridgehead atoms. The van der Waals surface area contributed by atoms with E-state index >= 15 is 0 Å². The van der Waals surface area contributed by atoms with Gasteiger partial charge in [0, 0.05) is 62.2 Å². The number of hydrogen-bond acceptors (Lipinski definition) is 10. The molecule has 8 atom stereocenters. The van der Waals surface area contributed by atoms with Crippen molar-refractivity contribution in [3.63, 3.8) is 0 Å². The van der Waals surface area contributed by atoms with Crippen LogP contribution in [0.3, 0.4) is 0 Å². The SMILES string of the molecule is CC(C)(C)OC(=O)N[C@@H](CCCC[C@H](NC(=O)OC(C)(C)C)C(=O)N1CC[C@H]2NC[C@H](COc3ccc(F)c(F)c3)[C@H]21)C(=O)N1CC[C@H]2NC[C@H](COc3ccc(F)c(F)c3)[C@H]21. The van der Waals surface area contributed by atoms with Crippen LogP contribution in [0.25, 0.3) is 0 Å². The Bertz CT molecular complexity index is 1790. The molecule has 62 heavy (non-hydrogen) atoms. The van der Waals surface area contributed by atoms with Crippen LogP contribution in [-0.2, 0) is 19.1 Å². The van der Waals surface area contributed by atoms with Gasteiger partial charge in [0.2, 0.25) is 11.8 Å². The number of fused-ring (bicyclic) bond motifs is 2. The third kappa shape index (κ3) is 12.0. The molecule has 0 unspecified atom stereocenters. The summed E-state index contributed by atoms with van der Waals surface area (Å²) in [5.41, 5.74) is -1.66. The monoisotopic (exact) mass is 876 g/mol. The molecule has 4 aliphatic heterocycles. The number of rotatable bonds is 15. The van der Waals surface area contributed by atoms with Gasteiger partial charge < -0.3 is 50.0 Å². The zero-order valence-corrected chi connectivity index (χ0v) is 36.2. The largest absolute Gasteiger partial charge is 0.493 e. The summed E-state index contributed by atoms with van der Waals surface area (Å²) in [4.78, 5) is 58.5. The van der Waals surface area contributed by atoms with Gasteiger partial charge in [0.05, 0.1) is 25.3 Å². The summed E-state index contributed by atoms with van der Waals surface area (Å²) in [5, 5.41) is 12.5. The molecule has 14 nitrogen and oxygen atoms in total. The number of ether oxygens (including phenoxy) is 4. The van der Waals surface area contributed by atoms with E-state index in [4.69, 9.17) is 18.9 Å². The van der Waals surface area contributed by atoms with E-state index in [0.29, 0.717) is 51.9 Å². The highest BCUT2D eigenvalue weighted by molar-refractivity contribution is 5.87. The summed E-state index contributed by atoms with van der Waals surface area (Å²) in [6, 6.07) is 4.07. The molecule has 4 aliphatic rings. The first-order chi connectivity index (χ1) is 29.3. The second kappa shape index (κ2) is 19.7. The van der Waals surface area contributed by atoms with Crippen LogP contribution in [0.1, 0.15) is 80.1 Å². The van der Waals surface area contributed by atoms with Crippen molar-refractivity contribution >= 4 is 24.0 Å². The van der Waals surface area contributed by atoms with E-state index < -0.39 is 58.7 Å². The maximum atomic E-state index is 14.4. The molecule has 0 aliphatic carbocycles. The zero-order valence-electron chi connectivity index (χ0n) is 36.2. The number of unbranched alkanes of at least 4 members (excludes halogenated alkanes) is 1. The molecule has 4 fully saturated rings. The van der Waals surface area contributed by atoms with Crippen LogP contribution in [0.2, 0.25) is 0 Å². The molecular weight excluding hydrogens is 817 g/mol. The maximum Gasteiger partial charge on any atom is 0.408 e. The maximum absolute atomic E-state index is 14.4. The lowest BCUT2D eigenvalue weighted by molar-refractivity contribution is -0.136. The number of benzene rings is 2. The molecule has 342 valence electrons. The van der Waals surface area contributed by atoms with Crippen molar-refractivity contribution in [3.8, 4) is 11.5 Å². The Morgan fingerprint density at radius 3 is 1.39 bits per heavy atom. The third-order valence-electron chi connectivity index (χ3n) is 11.6. The number of carbonyl (C=O) groups is 4. The highest BCUT2D eigenvalue weighted by Crippen LogP contribution is 2.33. The van der Waals surface area contributed by atoms with Crippen LogP contribution in [0, 0.1) is 35.1 Å². The fourth-order valence-corrected chi connectivity index (χ4v) is 8.97. The standard InChI is InChI=1S/C44H60F4N6O8/c1-43(2,3)61-41(57)51-35(39(55)53-17-15-33-37(53)25(21-49-33)23-59-27-11-13-29(45)31(47)19-27)9-7-8-10-36(52-42(58)62-44(4,5)6)40(56)54-18-16-34-38(54)26(22-50-34)24-60-28-12-14-30(46)32(48)20-28/h11-14,19-20,25-26,33-38,49-50H,7-10,15-18,21-24H2,1-6H3,(H,51,57)(H,52,58)/t25-,26-,33-,34-,35+,36+,37-,38-/m1/s1. The number of carbonyl (C=O) groups excluding carboxylic acids is 4. The number of nitrogens with one attached hydrogen (secondary N) is 4. The molecule has 6 rings (SSSR count). The quantitative estimate of drug-likeness (QED) is 0.134. The summed E-state index contributed by atoms with van der Waals surface area (Å²) < 4.78 is 77.6. The molecule has 4 N–H and O–H groups in total. The van der Waals surface area contributed by atoms with Crippen molar-refractivity contribution in [2.75, 3.05) is 39.4 Å². The van der Waals surface area contributed by atoms with Crippen LogP contribution in [0.5, 0.6) is 11.5 Å². The molecule has 4 saturated heterocycles. The number of likely N-dealkylation sites (tertiary alicyclic amines) is 2. The fraction of sp³-hybridized carbons (Fsp3) is 0.636. The lowest BCUT2D eigenvalue weighted by Gasteiger charge is -2.33. The van der Waals surface area contributed by atoms with Gasteiger partial charge in [-0.1, -0.05) is 12.8 Å². The van der Waals surface area contributed by atoms with Crippen molar-refractivity contribution < 1.29 is 55.7 Å². The molecule has 2 aromatic carbocycles. The highest BCUT2D eigenvalue weighted by Gasteiger charge is 2.49. The third-order valence-corrected chi connectivity index (χ3v) is 11.6. The van der Waals surface area contributed by atoms with Gasteiger partial charge in [-0.05, 0) is 91.5 Å². The van der Waals surface area contributed by atoms with Gasteiger partial charge >= 0.3 is 12.2 Å². The number of amides is 4. The van der Waals surface area contributed by atoms with Gasteiger partial charge in [0.15, 0.2) is 23.3 Å². The van der Waals surface area contributed by atoms with Crippen molar-refractivity contribution in [3.05, 3.63) is 59.7 Å². The molecule has 0 aromatic heterocycles. The van der Waals surface area contributed by atoms with Gasteiger partial charge in [-0.3, -0.25) is 9.59 Å². The van der Waals surface area contributed by atoms with Crippen LogP contribution >= 0.6 is 0 Å². The van der Waals surface area contributed by atoms with Crippen molar-refractivity contribution in [1.82, 2.24) is 31.1 Å². The zero-order chi connectivity index (χ0) is 44.9. The van der Waals surface area contributed by atoms with E-state index in [1.54, 1.807) is 51.3 Å². The molecule has 0 saturated carbocycles. The van der Waals surface area contributed by atoms with Gasteiger partial charge in [0.1, 0.15) is 34.8 Å². The van der Waals surface area contributed by atoms with Crippen LogP contribution in [0.4, 0.5) is 27.2 Å². The average molecular weight is 877 g/mol. The molecule has 18 heteroatoms. The summed E-state index contributed by atoms with van der Waals surface area (Å²) >= 11 is 0. The van der Waals surface area contributed by atoms with Crippen LogP contribution in [-0.4, -0.2) is 121 Å². The van der Waals surface area contributed by atoms with Gasteiger partial charge in [-0.15, -0.1) is 0 Å². The van der Waals surface area contributed by atoms with Crippen molar-refractivity contribution in [2.45, 2.75) is 128 Å². The minimum absolute atomic E-state index is 0.0253. The average Bonchev–Trinajstić information content (AvgIpc) is 3.98. The summed E-state index contributed by atoms with van der Waals surface area (Å²) in [5.74, 6) is -4.64. The molecule has 4 amide bonds. The summed E-state index contributed by atoms with van der Waals surface area (Å²) in [6.07, 6.45) is 0.984. The Hall–Kier alpha value is -4.84. The lowest BCUT2D eigenvalue weighted by Crippen LogP contribution is -2.53. The van der Waals surface area contributed by atoms with E-state index in [1.165, 1.54) is 12.1 Å². The van der Waals surface area contributed by atoms with Gasteiger partial charge in [0.25, 0.3) is 0 Å². The lowest BCUT2D eigenvalue weighted by atomic mass is 9.98. The molecule has 0 spiro atoms. The second-order valence-corrected chi connectivity index (χ2v) is 18.6. The number of halogens is 4. The van der Waals surface area contributed by atoms with E-state index in [9.17, 15) is 36.7 Å². The summed E-state index contributed by atoms with van der Waals surface area (Å²) in [6.45, 7) is 12.5. The van der Waals surface area contributed by atoms with Crippen LogP contribution < -0.4 is 30.7 Å². The van der Waals surface area contributed by atoms with Crippen LogP contribution in [0.15, 0.2) is 36.4 Å². The minimum Gasteiger partial charge on any atom is -0.493 e. The fourth-order valence-electron chi connectivity index (χ4n) is 8.97. The Balaban J connectivity index is 1.12. The normalized spacial score (nSPS) is 24.2. The Morgan fingerprint density at radius 1 is 0.645 bits per heavy atom. The van der Waals surface area contributed by atoms with E-state index in [-0.39, 0.29) is 85.4 Å². The summed E-state index contributed by atoms with van der Waals surface area (Å²) in [7, 11) is 0. The number of nitrogens with zero attached hydrogens (tertiary/aromatic N) is 2. The van der Waals surface area contributed by atoms with E-state index in [1.807, 2.05) is 0 Å². The minimum atomic E-state index is -1.02. The van der Waals surface area contributed by atoms with E-state index in [0.717, 1.165) is 24.3 Å². The number of hydrogen-bond donors (Lipinski definition) is 4. The first-order valence-corrected chi connectivity index (χ1v) is 21.5. The van der Waals surface area contributed by atoms with Crippen molar-refractivity contribution in [1.29, 1.82) is 0 Å². The first-order valence-electron chi connectivity index (χ1n) is 21.5. The molecule has 0 radical (unpaired) electrons. The van der Waals surface area contributed by atoms with E-state index in [2.05, 4.69) is 21.3 Å². The molecule has 4 heterocycles. The predicted molar refractivity (Wildman–Crippen MR) is 219 cm³/mol. The molecular formula is C44H60F4N6O8. The second-order valence-electron chi connectivity index (χ2n) is 18.6. The first kappa shape index (κ1) is 46.7. The Labute approximate surface area is 360 Å². The topological polar surface area (TPSA) is 160 Å². The highest BCUT2D eigenvalue weighted by atomic mass is 19.2. The molecule has 2 aromatic rings. The number of alkyl carbamates (subject to hydrolysis) is 2. The smallest absolute Gasteiger partial charge is 0.408 e. The Morgan fingerprint density at radius 2 is 1.03 bits per heavy atom. The Kier molecular flexibility index (Phi) is 14.8. The van der Waals surface area contributed by atoms with Crippen molar-refractivity contribution in [2.24, 2.45) is 11.8 Å².